The van der Waals surface area contributed by atoms with Crippen molar-refractivity contribution in [2.75, 3.05) is 13.7 Å². The Morgan fingerprint density at radius 2 is 2.06 bits per heavy atom. The van der Waals surface area contributed by atoms with Gasteiger partial charge >= 0.3 is 6.18 Å². The van der Waals surface area contributed by atoms with Gasteiger partial charge < -0.3 is 9.47 Å². The van der Waals surface area contributed by atoms with Crippen LogP contribution in [0.3, 0.4) is 0 Å². The zero-order valence-corrected chi connectivity index (χ0v) is 10.7. The molecule has 1 aromatic rings. The van der Waals surface area contributed by atoms with Gasteiger partial charge in [-0.15, -0.1) is 0 Å². The van der Waals surface area contributed by atoms with E-state index in [1.54, 1.807) is 25.3 Å². The van der Waals surface area contributed by atoms with Gasteiger partial charge in [-0.3, -0.25) is 0 Å². The molecule has 0 bridgehead atoms. The quantitative estimate of drug-likeness (QED) is 0.774. The second-order valence-electron chi connectivity index (χ2n) is 3.40. The first-order valence-electron chi connectivity index (χ1n) is 4.85. The molecule has 0 fully saturated rings. The van der Waals surface area contributed by atoms with E-state index in [1.165, 1.54) is 0 Å². The Morgan fingerprint density at radius 1 is 1.35 bits per heavy atom. The second kappa shape index (κ2) is 6.26. The molecule has 2 nitrogen and oxygen atoms in total. The molecule has 0 saturated heterocycles. The number of methoxy groups -OCH3 is 1. The molecule has 1 rings (SSSR count). The molecule has 0 spiro atoms. The molecule has 0 aromatic heterocycles. The van der Waals surface area contributed by atoms with Crippen LogP contribution in [-0.4, -0.2) is 24.7 Å². The highest BCUT2D eigenvalue weighted by molar-refractivity contribution is 9.09. The van der Waals surface area contributed by atoms with Gasteiger partial charge in [-0.1, -0.05) is 28.1 Å². The Hall–Kier alpha value is -0.750. The smallest absolute Gasteiger partial charge is 0.404 e. The summed E-state index contributed by atoms with van der Waals surface area (Å²) in [4.78, 5) is -1.67. The number of benzene rings is 1. The first-order chi connectivity index (χ1) is 7.93. The molecule has 6 heteroatoms. The highest BCUT2D eigenvalue weighted by atomic mass is 79.9. The van der Waals surface area contributed by atoms with Crippen molar-refractivity contribution < 1.29 is 22.6 Å². The van der Waals surface area contributed by atoms with Gasteiger partial charge in [0.2, 0.25) is 0 Å². The maximum absolute atomic E-state index is 12.2. The normalized spacial score (nSPS) is 13.5. The molecule has 1 unspecified atom stereocenters. The molecule has 1 aromatic carbocycles. The van der Waals surface area contributed by atoms with E-state index in [2.05, 4.69) is 15.9 Å². The maximum Gasteiger partial charge on any atom is 0.404 e. The number of halogens is 4. The summed E-state index contributed by atoms with van der Waals surface area (Å²) < 4.78 is 46.6. The molecule has 0 amide bonds. The molecule has 1 atom stereocenters. The van der Waals surface area contributed by atoms with E-state index in [1.807, 2.05) is 6.07 Å². The number of alkyl halides is 4. The fourth-order valence-electron chi connectivity index (χ4n) is 1.16. The van der Waals surface area contributed by atoms with E-state index in [-0.39, 0.29) is 0 Å². The minimum absolute atomic E-state index is 0.397. The largest absolute Gasteiger partial charge is 0.492 e. The van der Waals surface area contributed by atoms with Crippen LogP contribution in [0.2, 0.25) is 0 Å². The SMILES string of the molecule is COCc1cccc(OCC(Br)C(F)(F)F)c1. The number of ether oxygens (including phenoxy) is 2. The van der Waals surface area contributed by atoms with Gasteiger partial charge in [0.1, 0.15) is 17.2 Å². The maximum atomic E-state index is 12.2. The molecule has 17 heavy (non-hydrogen) atoms. The summed E-state index contributed by atoms with van der Waals surface area (Å²) in [6, 6.07) is 6.78. The second-order valence-corrected chi connectivity index (χ2v) is 4.51. The molecule has 0 aliphatic heterocycles. The van der Waals surface area contributed by atoms with Crippen LogP contribution < -0.4 is 4.74 Å². The molecule has 0 heterocycles. The standard InChI is InChI=1S/C11H12BrF3O2/c1-16-6-8-3-2-4-9(5-8)17-7-10(12)11(13,14)15/h2-5,10H,6-7H2,1H3. The van der Waals surface area contributed by atoms with Crippen LogP contribution in [0.15, 0.2) is 24.3 Å². The lowest BCUT2D eigenvalue weighted by molar-refractivity contribution is -0.132. The third-order valence-electron chi connectivity index (χ3n) is 1.96. The summed E-state index contributed by atoms with van der Waals surface area (Å²) in [5, 5.41) is 0. The summed E-state index contributed by atoms with van der Waals surface area (Å²) in [5.41, 5.74) is 0.850. The van der Waals surface area contributed by atoms with Crippen LogP contribution in [0.1, 0.15) is 5.56 Å². The van der Waals surface area contributed by atoms with Gasteiger partial charge in [0.05, 0.1) is 6.61 Å². The Kier molecular flexibility index (Phi) is 5.27. The van der Waals surface area contributed by atoms with Crippen LogP contribution in [0.4, 0.5) is 13.2 Å². The average Bonchev–Trinajstić information content (AvgIpc) is 2.25. The van der Waals surface area contributed by atoms with E-state index >= 15 is 0 Å². The topological polar surface area (TPSA) is 18.5 Å². The van der Waals surface area contributed by atoms with E-state index in [9.17, 15) is 13.2 Å². The van der Waals surface area contributed by atoms with Gasteiger partial charge in [-0.2, -0.15) is 13.2 Å². The van der Waals surface area contributed by atoms with E-state index in [4.69, 9.17) is 9.47 Å². The lowest BCUT2D eigenvalue weighted by Crippen LogP contribution is -2.28. The number of rotatable bonds is 5. The molecular formula is C11H12BrF3O2. The van der Waals surface area contributed by atoms with Crippen molar-refractivity contribution in [3.8, 4) is 5.75 Å². The van der Waals surface area contributed by atoms with Crippen LogP contribution >= 0.6 is 15.9 Å². The van der Waals surface area contributed by atoms with Gasteiger partial charge in [0.15, 0.2) is 0 Å². The fourth-order valence-corrected chi connectivity index (χ4v) is 1.29. The fraction of sp³-hybridized carbons (Fsp3) is 0.455. The zero-order chi connectivity index (χ0) is 12.9. The van der Waals surface area contributed by atoms with Crippen LogP contribution in [0, 0.1) is 0 Å². The predicted octanol–water partition coefficient (Wildman–Crippen LogP) is 3.54. The van der Waals surface area contributed by atoms with Crippen molar-refractivity contribution in [2.45, 2.75) is 17.6 Å². The molecule has 0 aliphatic rings. The van der Waals surface area contributed by atoms with Crippen LogP contribution in [0.25, 0.3) is 0 Å². The molecule has 0 N–H and O–H groups in total. The highest BCUT2D eigenvalue weighted by Gasteiger charge is 2.38. The van der Waals surface area contributed by atoms with Gasteiger partial charge in [0, 0.05) is 7.11 Å². The van der Waals surface area contributed by atoms with Crippen molar-refractivity contribution in [3.63, 3.8) is 0 Å². The summed E-state index contributed by atoms with van der Waals surface area (Å²) >= 11 is 2.53. The third kappa shape index (κ3) is 4.95. The van der Waals surface area contributed by atoms with Gasteiger partial charge in [-0.25, -0.2) is 0 Å². The van der Waals surface area contributed by atoms with Crippen LogP contribution in [0.5, 0.6) is 5.75 Å². The number of hydrogen-bond acceptors (Lipinski definition) is 2. The van der Waals surface area contributed by atoms with Crippen molar-refractivity contribution in [2.24, 2.45) is 0 Å². The first-order valence-corrected chi connectivity index (χ1v) is 5.76. The van der Waals surface area contributed by atoms with Crippen molar-refractivity contribution in [1.29, 1.82) is 0 Å². The predicted molar refractivity (Wildman–Crippen MR) is 61.4 cm³/mol. The Morgan fingerprint density at radius 3 is 2.65 bits per heavy atom. The number of hydrogen-bond donors (Lipinski definition) is 0. The molecule has 0 radical (unpaired) electrons. The summed E-state index contributed by atoms with van der Waals surface area (Å²) in [7, 11) is 1.55. The molecule has 0 saturated carbocycles. The van der Waals surface area contributed by atoms with Gasteiger partial charge in [-0.05, 0) is 17.7 Å². The van der Waals surface area contributed by atoms with E-state index < -0.39 is 17.6 Å². The monoisotopic (exact) mass is 312 g/mol. The lowest BCUT2D eigenvalue weighted by Gasteiger charge is -2.15. The van der Waals surface area contributed by atoms with Crippen LogP contribution in [-0.2, 0) is 11.3 Å². The zero-order valence-electron chi connectivity index (χ0n) is 9.13. The Bertz CT molecular complexity index is 355. The summed E-state index contributed by atoms with van der Waals surface area (Å²) in [5.74, 6) is 0.397. The van der Waals surface area contributed by atoms with Crippen molar-refractivity contribution in [1.82, 2.24) is 0 Å². The average molecular weight is 313 g/mol. The van der Waals surface area contributed by atoms with E-state index in [0.717, 1.165) is 5.56 Å². The minimum atomic E-state index is -4.30. The molecule has 0 aliphatic carbocycles. The Balaban J connectivity index is 2.54. The highest BCUT2D eigenvalue weighted by Crippen LogP contribution is 2.27. The Labute approximate surface area is 106 Å². The van der Waals surface area contributed by atoms with Crippen molar-refractivity contribution in [3.05, 3.63) is 29.8 Å². The van der Waals surface area contributed by atoms with E-state index in [0.29, 0.717) is 12.4 Å². The molecular weight excluding hydrogens is 301 g/mol. The van der Waals surface area contributed by atoms with Crippen molar-refractivity contribution >= 4 is 15.9 Å². The van der Waals surface area contributed by atoms with Gasteiger partial charge in [0.25, 0.3) is 0 Å². The minimum Gasteiger partial charge on any atom is -0.492 e. The lowest BCUT2D eigenvalue weighted by atomic mass is 10.2. The summed E-state index contributed by atoms with van der Waals surface area (Å²) in [6.45, 7) is -0.0614. The summed E-state index contributed by atoms with van der Waals surface area (Å²) in [6.07, 6.45) is -4.30. The first kappa shape index (κ1) is 14.3. The molecule has 96 valence electrons. The third-order valence-corrected chi connectivity index (χ3v) is 2.74.